The zero-order chi connectivity index (χ0) is 14.0. The Hall–Kier alpha value is -1.67. The summed E-state index contributed by atoms with van der Waals surface area (Å²) < 4.78 is 22.8. The maximum Gasteiger partial charge on any atom is 0.158 e. The van der Waals surface area contributed by atoms with Crippen LogP contribution in [-0.2, 0) is 14.6 Å². The van der Waals surface area contributed by atoms with Gasteiger partial charge in [-0.2, -0.15) is 5.26 Å². The molecule has 19 heavy (non-hydrogen) atoms. The smallest absolute Gasteiger partial charge is 0.158 e. The maximum atomic E-state index is 12.3. The van der Waals surface area contributed by atoms with E-state index in [1.165, 1.54) is 0 Å². The zero-order valence-electron chi connectivity index (χ0n) is 10.7. The van der Waals surface area contributed by atoms with E-state index in [-0.39, 0.29) is 17.3 Å². The van der Waals surface area contributed by atoms with Crippen molar-refractivity contribution >= 4 is 15.6 Å². The van der Waals surface area contributed by atoms with Crippen molar-refractivity contribution in [3.8, 4) is 6.07 Å². The first-order chi connectivity index (χ1) is 8.93. The van der Waals surface area contributed by atoms with E-state index in [1.54, 1.807) is 12.1 Å². The largest absolute Gasteiger partial charge is 0.297 e. The summed E-state index contributed by atoms with van der Waals surface area (Å²) in [5.74, 6) is -1.73. The molecule has 0 aliphatic carbocycles. The summed E-state index contributed by atoms with van der Waals surface area (Å²) in [4.78, 5) is 12.3. The second kappa shape index (κ2) is 5.14. The number of hydrogen-bond acceptors (Lipinski definition) is 4. The fraction of sp³-hybridized carbons (Fsp3) is 0.429. The van der Waals surface area contributed by atoms with Gasteiger partial charge in [0.25, 0.3) is 0 Å². The molecule has 0 bridgehead atoms. The summed E-state index contributed by atoms with van der Waals surface area (Å²) in [5.41, 5.74) is 1.69. The molecule has 1 saturated heterocycles. The summed E-state index contributed by atoms with van der Waals surface area (Å²) in [6.45, 7) is 1.93. The second-order valence-electron chi connectivity index (χ2n) is 4.98. The quantitative estimate of drug-likeness (QED) is 0.841. The average Bonchev–Trinajstić information content (AvgIpc) is 2.73. The second-order valence-corrected chi connectivity index (χ2v) is 7.20. The summed E-state index contributed by atoms with van der Waals surface area (Å²) in [7, 11) is -3.10. The van der Waals surface area contributed by atoms with Gasteiger partial charge in [-0.25, -0.2) is 8.42 Å². The Bertz CT molecular complexity index is 626. The van der Waals surface area contributed by atoms with Crippen molar-refractivity contribution in [1.29, 1.82) is 5.26 Å². The van der Waals surface area contributed by atoms with Crippen molar-refractivity contribution in [2.24, 2.45) is 5.92 Å². The molecule has 100 valence electrons. The van der Waals surface area contributed by atoms with E-state index in [4.69, 9.17) is 0 Å². The van der Waals surface area contributed by atoms with Gasteiger partial charge >= 0.3 is 0 Å². The fourth-order valence-electron chi connectivity index (χ4n) is 2.32. The average molecular weight is 277 g/mol. The van der Waals surface area contributed by atoms with Crippen LogP contribution in [0.1, 0.15) is 23.5 Å². The molecule has 1 heterocycles. The lowest BCUT2D eigenvalue weighted by atomic mass is 9.88. The van der Waals surface area contributed by atoms with E-state index < -0.39 is 21.7 Å². The van der Waals surface area contributed by atoms with Crippen LogP contribution in [0.4, 0.5) is 0 Å². The fourth-order valence-corrected chi connectivity index (χ4v) is 4.07. The van der Waals surface area contributed by atoms with E-state index in [2.05, 4.69) is 0 Å². The van der Waals surface area contributed by atoms with Gasteiger partial charge in [-0.3, -0.25) is 4.79 Å². The molecule has 1 aliphatic heterocycles. The third-order valence-corrected chi connectivity index (χ3v) is 5.23. The number of benzene rings is 1. The molecule has 2 atom stereocenters. The highest BCUT2D eigenvalue weighted by Crippen LogP contribution is 2.27. The third-order valence-electron chi connectivity index (χ3n) is 3.46. The highest BCUT2D eigenvalue weighted by molar-refractivity contribution is 7.91. The van der Waals surface area contributed by atoms with E-state index >= 15 is 0 Å². The van der Waals surface area contributed by atoms with Crippen LogP contribution in [0.5, 0.6) is 0 Å². The molecule has 1 aromatic carbocycles. The molecule has 1 aromatic rings. The van der Waals surface area contributed by atoms with E-state index in [9.17, 15) is 18.5 Å². The van der Waals surface area contributed by atoms with E-state index in [1.807, 2.05) is 25.1 Å². The van der Waals surface area contributed by atoms with Crippen molar-refractivity contribution in [2.45, 2.75) is 19.3 Å². The number of carbonyl (C=O) groups is 1. The molecule has 0 radical (unpaired) electrons. The Balaban J connectivity index is 2.21. The molecular weight excluding hydrogens is 262 g/mol. The number of hydrogen-bond donors (Lipinski definition) is 0. The van der Waals surface area contributed by atoms with Crippen LogP contribution < -0.4 is 0 Å². The Morgan fingerprint density at radius 3 is 2.47 bits per heavy atom. The van der Waals surface area contributed by atoms with Gasteiger partial charge in [0.15, 0.2) is 15.6 Å². The Labute approximate surface area is 113 Å². The van der Waals surface area contributed by atoms with Crippen LogP contribution in [0.15, 0.2) is 24.3 Å². The van der Waals surface area contributed by atoms with Crippen LogP contribution in [0.2, 0.25) is 0 Å². The Kier molecular flexibility index (Phi) is 3.72. The molecule has 0 spiro atoms. The lowest BCUT2D eigenvalue weighted by Gasteiger charge is -2.12. The van der Waals surface area contributed by atoms with Crippen molar-refractivity contribution < 1.29 is 13.2 Å². The van der Waals surface area contributed by atoms with Crippen molar-refractivity contribution in [1.82, 2.24) is 0 Å². The summed E-state index contributed by atoms with van der Waals surface area (Å²) >= 11 is 0. The van der Waals surface area contributed by atoms with Gasteiger partial charge < -0.3 is 0 Å². The standard InChI is InChI=1S/C14H15NO3S/c1-10-2-4-11(5-3-10)13(8-15)14(16)12-6-7-19(17,18)9-12/h2-5,12-13H,6-7,9H2,1H3. The first-order valence-corrected chi connectivity index (χ1v) is 7.95. The minimum absolute atomic E-state index is 0.0510. The van der Waals surface area contributed by atoms with Gasteiger partial charge in [0, 0.05) is 5.92 Å². The minimum atomic E-state index is -3.10. The predicted molar refractivity (Wildman–Crippen MR) is 71.3 cm³/mol. The van der Waals surface area contributed by atoms with Gasteiger partial charge in [0.2, 0.25) is 0 Å². The monoisotopic (exact) mass is 277 g/mol. The van der Waals surface area contributed by atoms with Crippen LogP contribution in [0.25, 0.3) is 0 Å². The first kappa shape index (κ1) is 13.8. The summed E-state index contributed by atoms with van der Waals surface area (Å²) in [6, 6.07) is 9.20. The Morgan fingerprint density at radius 1 is 1.37 bits per heavy atom. The van der Waals surface area contributed by atoms with Crippen molar-refractivity contribution in [2.75, 3.05) is 11.5 Å². The van der Waals surface area contributed by atoms with Crippen LogP contribution in [0.3, 0.4) is 0 Å². The van der Waals surface area contributed by atoms with Gasteiger partial charge in [0.05, 0.1) is 17.6 Å². The van der Waals surface area contributed by atoms with Gasteiger partial charge in [-0.05, 0) is 18.9 Å². The molecule has 1 aliphatic rings. The van der Waals surface area contributed by atoms with Crippen molar-refractivity contribution in [3.05, 3.63) is 35.4 Å². The van der Waals surface area contributed by atoms with Gasteiger partial charge in [-0.15, -0.1) is 0 Å². The SMILES string of the molecule is Cc1ccc(C(C#N)C(=O)C2CCS(=O)(=O)C2)cc1. The molecule has 0 amide bonds. The van der Waals surface area contributed by atoms with Gasteiger partial charge in [0.1, 0.15) is 5.92 Å². The van der Waals surface area contributed by atoms with E-state index in [0.29, 0.717) is 12.0 Å². The summed E-state index contributed by atoms with van der Waals surface area (Å²) in [6.07, 6.45) is 0.339. The van der Waals surface area contributed by atoms with Crippen molar-refractivity contribution in [3.63, 3.8) is 0 Å². The molecule has 4 nitrogen and oxygen atoms in total. The molecular formula is C14H15NO3S. The highest BCUT2D eigenvalue weighted by atomic mass is 32.2. The molecule has 0 saturated carbocycles. The van der Waals surface area contributed by atoms with Crippen LogP contribution in [-0.4, -0.2) is 25.7 Å². The van der Waals surface area contributed by atoms with Crippen LogP contribution in [0, 0.1) is 24.2 Å². The number of Topliss-reactive ketones (excluding diaryl/α,β-unsaturated/α-hetero) is 1. The number of rotatable bonds is 3. The molecule has 2 unspecified atom stereocenters. The number of ketones is 1. The van der Waals surface area contributed by atoms with Crippen LogP contribution >= 0.6 is 0 Å². The number of carbonyl (C=O) groups excluding carboxylic acids is 1. The summed E-state index contributed by atoms with van der Waals surface area (Å²) in [5, 5.41) is 9.19. The molecule has 5 heteroatoms. The number of sulfone groups is 1. The Morgan fingerprint density at radius 2 is 2.00 bits per heavy atom. The lowest BCUT2D eigenvalue weighted by Crippen LogP contribution is -2.22. The zero-order valence-corrected chi connectivity index (χ0v) is 11.5. The third kappa shape index (κ3) is 3.02. The number of nitrogens with zero attached hydrogens (tertiary/aromatic N) is 1. The molecule has 2 rings (SSSR count). The normalized spacial score (nSPS) is 22.6. The van der Waals surface area contributed by atoms with E-state index in [0.717, 1.165) is 5.56 Å². The lowest BCUT2D eigenvalue weighted by molar-refractivity contribution is -0.122. The maximum absolute atomic E-state index is 12.3. The number of nitriles is 1. The number of aryl methyl sites for hydroxylation is 1. The molecule has 0 N–H and O–H groups in total. The predicted octanol–water partition coefficient (Wildman–Crippen LogP) is 1.61. The molecule has 0 aromatic heterocycles. The minimum Gasteiger partial charge on any atom is -0.297 e. The first-order valence-electron chi connectivity index (χ1n) is 6.13. The van der Waals surface area contributed by atoms with Gasteiger partial charge in [-0.1, -0.05) is 29.8 Å². The topological polar surface area (TPSA) is 75.0 Å². The highest BCUT2D eigenvalue weighted by Gasteiger charge is 2.36. The molecule has 1 fully saturated rings.